The summed E-state index contributed by atoms with van der Waals surface area (Å²) in [5, 5.41) is 5.55. The maximum absolute atomic E-state index is 11.5. The molecule has 1 saturated heterocycles. The van der Waals surface area contributed by atoms with Gasteiger partial charge in [0.1, 0.15) is 23.4 Å². The van der Waals surface area contributed by atoms with Gasteiger partial charge in [0, 0.05) is 51.1 Å². The van der Waals surface area contributed by atoms with Crippen molar-refractivity contribution in [2.45, 2.75) is 38.5 Å². The molecule has 3 aromatic heterocycles. The van der Waals surface area contributed by atoms with Crippen LogP contribution in [0.25, 0.3) is 38.9 Å². The summed E-state index contributed by atoms with van der Waals surface area (Å²) in [4.78, 5) is 28.5. The molecule has 1 radical (unpaired) electrons. The first-order chi connectivity index (χ1) is 20.0. The van der Waals surface area contributed by atoms with Crippen LogP contribution >= 0.6 is 0 Å². The summed E-state index contributed by atoms with van der Waals surface area (Å²) in [5.74, 6) is 2.11. The maximum atomic E-state index is 11.5. The third-order valence-corrected chi connectivity index (χ3v) is 8.95. The van der Waals surface area contributed by atoms with Gasteiger partial charge in [0.2, 0.25) is 5.91 Å². The van der Waals surface area contributed by atoms with Gasteiger partial charge in [-0.15, -0.1) is 23.6 Å². The van der Waals surface area contributed by atoms with Gasteiger partial charge in [-0.3, -0.25) is 4.79 Å². The zero-order valence-corrected chi connectivity index (χ0v) is 26.5. The number of pyridine rings is 1. The largest absolute Gasteiger partial charge is 0.382 e. The molecule has 0 spiro atoms. The molecule has 1 aliphatic heterocycles. The number of piperidine rings is 1. The quantitative estimate of drug-likeness (QED) is 0.265. The van der Waals surface area contributed by atoms with Crippen LogP contribution in [0.4, 0.5) is 5.82 Å². The molecule has 211 valence electrons. The second kappa shape index (κ2) is 11.8. The number of hydrogen-bond acceptors (Lipinski definition) is 7. The molecule has 0 bridgehead atoms. The van der Waals surface area contributed by atoms with Gasteiger partial charge in [-0.05, 0) is 74.0 Å². The summed E-state index contributed by atoms with van der Waals surface area (Å²) in [6.07, 6.45) is 5.32. The van der Waals surface area contributed by atoms with Gasteiger partial charge in [0.15, 0.2) is 5.82 Å². The van der Waals surface area contributed by atoms with Gasteiger partial charge >= 0.3 is 0 Å². The van der Waals surface area contributed by atoms with E-state index in [1.165, 1.54) is 6.33 Å². The molecule has 0 atom stereocenters. The third-order valence-electron chi connectivity index (χ3n) is 8.95. The molecule has 1 aliphatic carbocycles. The first-order valence-corrected chi connectivity index (χ1v) is 14.3. The van der Waals surface area contributed by atoms with Gasteiger partial charge in [-0.2, -0.15) is 5.10 Å². The van der Waals surface area contributed by atoms with E-state index in [2.05, 4.69) is 46.2 Å². The van der Waals surface area contributed by atoms with Gasteiger partial charge in [0.05, 0.1) is 0 Å². The fourth-order valence-electron chi connectivity index (χ4n) is 6.56. The van der Waals surface area contributed by atoms with Crippen LogP contribution in [0.1, 0.15) is 43.0 Å². The van der Waals surface area contributed by atoms with Crippen molar-refractivity contribution < 1.29 is 37.5 Å². The zero-order chi connectivity index (χ0) is 28.1. The van der Waals surface area contributed by atoms with Crippen molar-refractivity contribution in [3.05, 3.63) is 72.3 Å². The van der Waals surface area contributed by atoms with Gasteiger partial charge in [-0.25, -0.2) is 14.5 Å². The van der Waals surface area contributed by atoms with E-state index in [0.717, 1.165) is 95.6 Å². The number of rotatable bonds is 6. The van der Waals surface area contributed by atoms with Gasteiger partial charge in [-0.1, -0.05) is 42.0 Å². The van der Waals surface area contributed by atoms with E-state index in [9.17, 15) is 4.79 Å². The van der Waals surface area contributed by atoms with Crippen molar-refractivity contribution in [2.24, 2.45) is 17.6 Å². The number of aryl methyl sites for hydroxylation is 1. The first-order valence-electron chi connectivity index (χ1n) is 14.3. The molecule has 2 aromatic carbocycles. The minimum atomic E-state index is -0.163. The normalized spacial score (nSPS) is 19.5. The Balaban J connectivity index is 0.00000316. The van der Waals surface area contributed by atoms with Crippen LogP contribution in [0.15, 0.2) is 54.9 Å². The molecule has 10 heteroatoms. The number of nitrogens with zero attached hydrogens (tertiary/aromatic N) is 6. The van der Waals surface area contributed by atoms with Crippen LogP contribution in [0, 0.1) is 24.8 Å². The number of carbonyl (C=O) groups excluding carboxylic acids is 1. The van der Waals surface area contributed by atoms with Crippen molar-refractivity contribution >= 4 is 28.1 Å². The van der Waals surface area contributed by atoms with E-state index in [-0.39, 0.29) is 44.5 Å². The molecule has 1 saturated carbocycles. The van der Waals surface area contributed by atoms with Crippen molar-refractivity contribution in [3.63, 3.8) is 0 Å². The minimum absolute atomic E-state index is 0. The number of fused-ring (bicyclic) bond motifs is 2. The molecule has 42 heavy (non-hydrogen) atoms. The molecule has 1 amide bonds. The number of aromatic nitrogens is 5. The Morgan fingerprint density at radius 3 is 2.57 bits per heavy atom. The van der Waals surface area contributed by atoms with E-state index in [4.69, 9.17) is 21.4 Å². The Hall–Kier alpha value is -3.27. The second-order valence-corrected chi connectivity index (χ2v) is 11.5. The van der Waals surface area contributed by atoms with Crippen molar-refractivity contribution in [3.8, 4) is 22.5 Å². The molecule has 4 N–H and O–H groups in total. The van der Waals surface area contributed by atoms with Crippen LogP contribution in [0.3, 0.4) is 0 Å². The number of benzene rings is 2. The average molecular weight is 635 g/mol. The number of nitrogen functional groups attached to an aromatic ring is 1. The molecular formula is C32H33N8OY-. The number of likely N-dealkylation sites (tertiary alicyclic amines) is 1. The van der Waals surface area contributed by atoms with Gasteiger partial charge in [0.25, 0.3) is 0 Å². The van der Waals surface area contributed by atoms with E-state index >= 15 is 0 Å². The van der Waals surface area contributed by atoms with Crippen LogP contribution < -0.4 is 11.5 Å². The molecule has 2 fully saturated rings. The van der Waals surface area contributed by atoms with E-state index in [1.54, 1.807) is 0 Å². The predicted octanol–water partition coefficient (Wildman–Crippen LogP) is 4.39. The van der Waals surface area contributed by atoms with Crippen LogP contribution in [0.2, 0.25) is 0 Å². The first kappa shape index (κ1) is 28.8. The predicted molar refractivity (Wildman–Crippen MR) is 159 cm³/mol. The fraction of sp³-hybridized carbons (Fsp3) is 0.344. The summed E-state index contributed by atoms with van der Waals surface area (Å²) in [6, 6.07) is 19.6. The number of primary amides is 1. The standard InChI is InChI=1S/C32H33N8O.Y/c1-19-25(9-7-22-8-10-26(37-27(19)22)21-5-3-2-4-6-21)28-29-30(33)35-18-36-40(29)32(38-28)24-15-20(16-24)17-39-13-11-23(12-14-39)31(34)41;/h2-7,9-10,18,20,23-24H,11-17H2,1H3,(H2,34,41)(H2,33,35,36);/q-1;. The van der Waals surface area contributed by atoms with Crippen LogP contribution in [-0.2, 0) is 37.5 Å². The Morgan fingerprint density at radius 1 is 1.07 bits per heavy atom. The molecule has 0 unspecified atom stereocenters. The number of hydrogen-bond donors (Lipinski definition) is 2. The second-order valence-electron chi connectivity index (χ2n) is 11.5. The summed E-state index contributed by atoms with van der Waals surface area (Å²) in [6.45, 7) is 5.01. The van der Waals surface area contributed by atoms with E-state index < -0.39 is 0 Å². The summed E-state index contributed by atoms with van der Waals surface area (Å²) in [7, 11) is 0. The van der Waals surface area contributed by atoms with Crippen LogP contribution in [0.5, 0.6) is 0 Å². The third kappa shape index (κ3) is 5.23. The number of anilines is 1. The monoisotopic (exact) mass is 634 g/mol. The summed E-state index contributed by atoms with van der Waals surface area (Å²) < 4.78 is 1.89. The summed E-state index contributed by atoms with van der Waals surface area (Å²) in [5.41, 5.74) is 18.3. The molecular weight excluding hydrogens is 601 g/mol. The van der Waals surface area contributed by atoms with Crippen molar-refractivity contribution in [1.29, 1.82) is 0 Å². The van der Waals surface area contributed by atoms with E-state index in [1.807, 2.05) is 34.8 Å². The topological polar surface area (TPSA) is 128 Å². The Kier molecular flexibility index (Phi) is 8.09. The molecule has 2 aliphatic rings. The Labute approximate surface area is 270 Å². The number of carbonyl (C=O) groups is 1. The van der Waals surface area contributed by atoms with Gasteiger partial charge < -0.3 is 21.4 Å². The SMILES string of the molecule is Cc1c(-c2nc(C3CC(CN4CCC(C(N)=O)CC4)C3)n3ncnc(N)c23)ccc2[c-]cc(-c3ccccc3)nc12.[Y]. The molecule has 9 nitrogen and oxygen atoms in total. The van der Waals surface area contributed by atoms with E-state index in [0.29, 0.717) is 17.7 Å². The van der Waals surface area contributed by atoms with Crippen LogP contribution in [-0.4, -0.2) is 55.0 Å². The van der Waals surface area contributed by atoms with Crippen molar-refractivity contribution in [1.82, 2.24) is 29.5 Å². The minimum Gasteiger partial charge on any atom is -0.382 e. The Morgan fingerprint density at radius 2 is 1.83 bits per heavy atom. The fourth-order valence-corrected chi connectivity index (χ4v) is 6.56. The smallest absolute Gasteiger partial charge is 0.220 e. The maximum Gasteiger partial charge on any atom is 0.220 e. The summed E-state index contributed by atoms with van der Waals surface area (Å²) >= 11 is 0. The zero-order valence-electron chi connectivity index (χ0n) is 23.7. The average Bonchev–Trinajstić information content (AvgIpc) is 3.35. The molecule has 4 heterocycles. The Bertz CT molecular complexity index is 1760. The molecule has 5 aromatic rings. The van der Waals surface area contributed by atoms with Crippen molar-refractivity contribution in [2.75, 3.05) is 25.4 Å². The molecule has 7 rings (SSSR count). The number of nitrogens with two attached hydrogens (primary N) is 2. The number of imidazole rings is 1. The number of amides is 1.